The second-order valence-corrected chi connectivity index (χ2v) is 6.15. The van der Waals surface area contributed by atoms with Gasteiger partial charge in [-0.25, -0.2) is 0 Å². The maximum absolute atomic E-state index is 5.67. The lowest BCUT2D eigenvalue weighted by Crippen LogP contribution is -2.38. The van der Waals surface area contributed by atoms with Crippen molar-refractivity contribution in [3.05, 3.63) is 20.8 Å². The summed E-state index contributed by atoms with van der Waals surface area (Å²) in [4.78, 5) is 1.39. The van der Waals surface area contributed by atoms with E-state index in [0.717, 1.165) is 32.4 Å². The lowest BCUT2D eigenvalue weighted by Gasteiger charge is -2.29. The smallest absolute Gasteiger partial charge is 0.0587 e. The van der Waals surface area contributed by atoms with Crippen molar-refractivity contribution in [2.75, 3.05) is 6.61 Å². The van der Waals surface area contributed by atoms with Gasteiger partial charge >= 0.3 is 0 Å². The van der Waals surface area contributed by atoms with E-state index in [1.54, 1.807) is 11.3 Å². The van der Waals surface area contributed by atoms with E-state index in [1.807, 2.05) is 0 Å². The van der Waals surface area contributed by atoms with E-state index < -0.39 is 0 Å². The molecule has 1 aliphatic rings. The van der Waals surface area contributed by atoms with Gasteiger partial charge in [0.1, 0.15) is 0 Å². The highest BCUT2D eigenvalue weighted by Gasteiger charge is 2.20. The summed E-state index contributed by atoms with van der Waals surface area (Å²) < 4.78 is 6.86. The van der Waals surface area contributed by atoms with Crippen molar-refractivity contribution in [1.82, 2.24) is 5.32 Å². The van der Waals surface area contributed by atoms with Crippen LogP contribution >= 0.6 is 27.3 Å². The molecule has 2 nitrogen and oxygen atoms in total. The van der Waals surface area contributed by atoms with Gasteiger partial charge in [-0.15, -0.1) is 11.3 Å². The second kappa shape index (κ2) is 6.15. The first-order valence-electron chi connectivity index (χ1n) is 5.86. The van der Waals surface area contributed by atoms with Crippen LogP contribution in [-0.4, -0.2) is 18.8 Å². The fraction of sp³-hybridized carbons (Fsp3) is 0.667. The van der Waals surface area contributed by atoms with Crippen LogP contribution in [0.25, 0.3) is 0 Å². The van der Waals surface area contributed by atoms with E-state index in [9.17, 15) is 0 Å². The molecule has 1 fully saturated rings. The monoisotopic (exact) mass is 303 g/mol. The molecule has 2 atom stereocenters. The molecule has 90 valence electrons. The molecule has 4 heteroatoms. The molecule has 2 unspecified atom stereocenters. The van der Waals surface area contributed by atoms with Gasteiger partial charge in [-0.2, -0.15) is 0 Å². The Bertz CT molecular complexity index is 329. The van der Waals surface area contributed by atoms with Gasteiger partial charge in [0.15, 0.2) is 0 Å². The summed E-state index contributed by atoms with van der Waals surface area (Å²) in [6, 6.07) is 2.81. The number of hydrogen-bond acceptors (Lipinski definition) is 3. The highest BCUT2D eigenvalue weighted by atomic mass is 79.9. The Morgan fingerprint density at radius 1 is 1.62 bits per heavy atom. The lowest BCUT2D eigenvalue weighted by atomic mass is 10.0. The van der Waals surface area contributed by atoms with Crippen molar-refractivity contribution in [2.24, 2.45) is 0 Å². The van der Waals surface area contributed by atoms with Crippen LogP contribution in [-0.2, 0) is 11.3 Å². The maximum atomic E-state index is 5.67. The molecule has 1 saturated heterocycles. The van der Waals surface area contributed by atoms with E-state index in [-0.39, 0.29) is 0 Å². The topological polar surface area (TPSA) is 21.3 Å². The van der Waals surface area contributed by atoms with E-state index in [0.29, 0.717) is 12.1 Å². The van der Waals surface area contributed by atoms with E-state index >= 15 is 0 Å². The van der Waals surface area contributed by atoms with Crippen LogP contribution < -0.4 is 5.32 Å². The molecule has 0 saturated carbocycles. The Morgan fingerprint density at radius 2 is 2.50 bits per heavy atom. The van der Waals surface area contributed by atoms with Crippen molar-refractivity contribution in [3.63, 3.8) is 0 Å². The van der Waals surface area contributed by atoms with E-state index in [1.165, 1.54) is 9.35 Å². The number of ether oxygens (including phenoxy) is 1. The van der Waals surface area contributed by atoms with Crippen LogP contribution in [0.1, 0.15) is 31.1 Å². The summed E-state index contributed by atoms with van der Waals surface area (Å²) in [5.41, 5.74) is 0. The van der Waals surface area contributed by atoms with Crippen molar-refractivity contribution < 1.29 is 4.74 Å². The van der Waals surface area contributed by atoms with Crippen molar-refractivity contribution >= 4 is 27.3 Å². The summed E-state index contributed by atoms with van der Waals surface area (Å²) >= 11 is 5.29. The zero-order valence-corrected chi connectivity index (χ0v) is 11.9. The molecule has 0 amide bonds. The Hall–Kier alpha value is 0.1000. The van der Waals surface area contributed by atoms with Gasteiger partial charge in [-0.05, 0) is 41.3 Å². The average Bonchev–Trinajstić information content (AvgIpc) is 2.73. The zero-order chi connectivity index (χ0) is 11.4. The van der Waals surface area contributed by atoms with Crippen LogP contribution in [0, 0.1) is 0 Å². The molecule has 1 aromatic rings. The minimum atomic E-state index is 0.460. The van der Waals surface area contributed by atoms with Gasteiger partial charge in [0.25, 0.3) is 0 Å². The first kappa shape index (κ1) is 12.6. The third kappa shape index (κ3) is 3.55. The number of thiophene rings is 1. The fourth-order valence-corrected chi connectivity index (χ4v) is 3.44. The molecule has 0 bridgehead atoms. The number of nitrogens with one attached hydrogen (secondary N) is 1. The number of hydrogen-bond donors (Lipinski definition) is 1. The van der Waals surface area contributed by atoms with Gasteiger partial charge in [0.2, 0.25) is 0 Å². The van der Waals surface area contributed by atoms with Gasteiger partial charge in [-0.3, -0.25) is 0 Å². The SMILES string of the molecule is CCC1CC(NCc2cc(Br)cs2)CCO1. The highest BCUT2D eigenvalue weighted by Crippen LogP contribution is 2.21. The van der Waals surface area contributed by atoms with Gasteiger partial charge in [0.05, 0.1) is 6.10 Å². The molecule has 0 spiro atoms. The quantitative estimate of drug-likeness (QED) is 0.918. The molecule has 2 rings (SSSR count). The van der Waals surface area contributed by atoms with E-state index in [4.69, 9.17) is 4.74 Å². The Kier molecular flexibility index (Phi) is 4.82. The fourth-order valence-electron chi connectivity index (χ4n) is 2.04. The van der Waals surface area contributed by atoms with Crippen LogP contribution in [0.4, 0.5) is 0 Å². The minimum Gasteiger partial charge on any atom is -0.378 e. The Morgan fingerprint density at radius 3 is 3.19 bits per heavy atom. The summed E-state index contributed by atoms with van der Waals surface area (Å²) in [6.45, 7) is 4.09. The predicted octanol–water partition coefficient (Wildman–Crippen LogP) is 3.56. The molecule has 1 aromatic heterocycles. The standard InChI is InChI=1S/C12H18BrNOS/c1-2-11-6-10(3-4-15-11)14-7-12-5-9(13)8-16-12/h5,8,10-11,14H,2-4,6-7H2,1H3. The highest BCUT2D eigenvalue weighted by molar-refractivity contribution is 9.10. The van der Waals surface area contributed by atoms with Gasteiger partial charge in [0, 0.05) is 33.9 Å². The predicted molar refractivity (Wildman–Crippen MR) is 71.9 cm³/mol. The summed E-state index contributed by atoms with van der Waals surface area (Å²) in [7, 11) is 0. The summed E-state index contributed by atoms with van der Waals surface area (Å²) in [6.07, 6.45) is 3.88. The largest absolute Gasteiger partial charge is 0.378 e. The first-order chi connectivity index (χ1) is 7.78. The van der Waals surface area contributed by atoms with Crippen LogP contribution in [0.5, 0.6) is 0 Å². The molecule has 1 aliphatic heterocycles. The Balaban J connectivity index is 1.77. The molecule has 1 N–H and O–H groups in total. The molecule has 16 heavy (non-hydrogen) atoms. The van der Waals surface area contributed by atoms with Crippen molar-refractivity contribution in [2.45, 2.75) is 44.9 Å². The molecule has 0 radical (unpaired) electrons. The van der Waals surface area contributed by atoms with Crippen LogP contribution in [0.3, 0.4) is 0 Å². The molecule has 0 aliphatic carbocycles. The third-order valence-corrected chi connectivity index (χ3v) is 4.71. The molecular formula is C12H18BrNOS. The van der Waals surface area contributed by atoms with Crippen molar-refractivity contribution in [3.8, 4) is 0 Å². The maximum Gasteiger partial charge on any atom is 0.0587 e. The Labute approximate surface area is 110 Å². The van der Waals surface area contributed by atoms with Crippen molar-refractivity contribution in [1.29, 1.82) is 0 Å². The third-order valence-electron chi connectivity index (χ3n) is 3.01. The number of rotatable bonds is 4. The zero-order valence-electron chi connectivity index (χ0n) is 9.54. The van der Waals surface area contributed by atoms with E-state index in [2.05, 4.69) is 39.6 Å². The minimum absolute atomic E-state index is 0.460. The summed E-state index contributed by atoms with van der Waals surface area (Å²) in [5, 5.41) is 5.76. The van der Waals surface area contributed by atoms with Gasteiger partial charge in [-0.1, -0.05) is 6.92 Å². The number of halogens is 1. The molecule has 0 aromatic carbocycles. The van der Waals surface area contributed by atoms with Crippen LogP contribution in [0.2, 0.25) is 0 Å². The first-order valence-corrected chi connectivity index (χ1v) is 7.53. The van der Waals surface area contributed by atoms with Gasteiger partial charge < -0.3 is 10.1 Å². The normalized spacial score (nSPS) is 25.9. The van der Waals surface area contributed by atoms with Crippen LogP contribution in [0.15, 0.2) is 15.9 Å². The lowest BCUT2D eigenvalue weighted by molar-refractivity contribution is -0.000276. The molecular weight excluding hydrogens is 286 g/mol. The summed E-state index contributed by atoms with van der Waals surface area (Å²) in [5.74, 6) is 0. The molecule has 2 heterocycles. The average molecular weight is 304 g/mol. The second-order valence-electron chi connectivity index (χ2n) is 4.23.